The molecule has 0 unspecified atom stereocenters. The van der Waals surface area contributed by atoms with Gasteiger partial charge in [-0.15, -0.1) is 12.4 Å². The van der Waals surface area contributed by atoms with Crippen molar-refractivity contribution in [3.05, 3.63) is 22.7 Å². The van der Waals surface area contributed by atoms with Gasteiger partial charge in [-0.3, -0.25) is 0 Å². The van der Waals surface area contributed by atoms with Gasteiger partial charge in [-0.1, -0.05) is 11.6 Å². The molecule has 4 nitrogen and oxygen atoms in total. The molecule has 0 amide bonds. The molecular formula is C14H20Cl2N2O2. The van der Waals surface area contributed by atoms with Crippen molar-refractivity contribution in [2.45, 2.75) is 19.4 Å². The molecule has 6 heteroatoms. The third kappa shape index (κ3) is 3.70. The van der Waals surface area contributed by atoms with Gasteiger partial charge in [-0.05, 0) is 44.5 Å². The van der Waals surface area contributed by atoms with Crippen molar-refractivity contribution in [1.29, 1.82) is 0 Å². The van der Waals surface area contributed by atoms with Gasteiger partial charge in [0.2, 0.25) is 6.79 Å². The third-order valence-electron chi connectivity index (χ3n) is 3.72. The molecule has 0 atom stereocenters. The van der Waals surface area contributed by atoms with Crippen LogP contribution in [-0.2, 0) is 6.54 Å². The van der Waals surface area contributed by atoms with Gasteiger partial charge in [-0.2, -0.15) is 0 Å². The van der Waals surface area contributed by atoms with Gasteiger partial charge in [0, 0.05) is 23.2 Å². The Kier molecular flexibility index (Phi) is 5.78. The zero-order chi connectivity index (χ0) is 13.1. The average molecular weight is 319 g/mol. The summed E-state index contributed by atoms with van der Waals surface area (Å²) in [6, 6.07) is 3.75. The van der Waals surface area contributed by atoms with Crippen LogP contribution >= 0.6 is 24.0 Å². The first-order valence-electron chi connectivity index (χ1n) is 6.82. The van der Waals surface area contributed by atoms with Crippen molar-refractivity contribution in [3.63, 3.8) is 0 Å². The summed E-state index contributed by atoms with van der Waals surface area (Å²) in [5.74, 6) is 2.36. The summed E-state index contributed by atoms with van der Waals surface area (Å²) in [5.41, 5.74) is 1.08. The number of fused-ring (bicyclic) bond motifs is 1. The van der Waals surface area contributed by atoms with Crippen LogP contribution in [0.3, 0.4) is 0 Å². The van der Waals surface area contributed by atoms with Gasteiger partial charge in [0.25, 0.3) is 0 Å². The van der Waals surface area contributed by atoms with E-state index in [4.69, 9.17) is 21.1 Å². The summed E-state index contributed by atoms with van der Waals surface area (Å²) < 4.78 is 10.9. The minimum atomic E-state index is 0. The predicted molar refractivity (Wildman–Crippen MR) is 82.1 cm³/mol. The number of hydrogen-bond donors (Lipinski definition) is 2. The molecule has 2 N–H and O–H groups in total. The zero-order valence-electron chi connectivity index (χ0n) is 11.3. The molecule has 2 aliphatic heterocycles. The van der Waals surface area contributed by atoms with Crippen LogP contribution in [0, 0.1) is 5.92 Å². The molecule has 1 saturated heterocycles. The molecule has 2 heterocycles. The Morgan fingerprint density at radius 1 is 1.25 bits per heavy atom. The van der Waals surface area contributed by atoms with Crippen LogP contribution in [0.5, 0.6) is 11.5 Å². The topological polar surface area (TPSA) is 42.5 Å². The van der Waals surface area contributed by atoms with Gasteiger partial charge in [0.1, 0.15) is 0 Å². The molecule has 1 aromatic carbocycles. The Morgan fingerprint density at radius 3 is 2.85 bits per heavy atom. The molecule has 0 radical (unpaired) electrons. The monoisotopic (exact) mass is 318 g/mol. The van der Waals surface area contributed by atoms with Crippen molar-refractivity contribution >= 4 is 24.0 Å². The molecule has 0 bridgehead atoms. The molecule has 112 valence electrons. The van der Waals surface area contributed by atoms with Crippen molar-refractivity contribution in [1.82, 2.24) is 10.6 Å². The number of hydrogen-bond acceptors (Lipinski definition) is 4. The van der Waals surface area contributed by atoms with Gasteiger partial charge >= 0.3 is 0 Å². The molecule has 0 aromatic heterocycles. The van der Waals surface area contributed by atoms with E-state index in [1.54, 1.807) is 6.07 Å². The molecule has 0 spiro atoms. The Bertz CT molecular complexity index is 451. The van der Waals surface area contributed by atoms with E-state index in [9.17, 15) is 0 Å². The van der Waals surface area contributed by atoms with E-state index in [0.717, 1.165) is 49.2 Å². The second kappa shape index (κ2) is 7.36. The fraction of sp³-hybridized carbons (Fsp3) is 0.571. The van der Waals surface area contributed by atoms with Crippen LogP contribution in [0.1, 0.15) is 18.4 Å². The van der Waals surface area contributed by atoms with Crippen molar-refractivity contribution < 1.29 is 9.47 Å². The third-order valence-corrected chi connectivity index (χ3v) is 3.94. The lowest BCUT2D eigenvalue weighted by Gasteiger charge is -2.23. The maximum atomic E-state index is 6.08. The highest BCUT2D eigenvalue weighted by atomic mass is 35.5. The predicted octanol–water partition coefficient (Wildman–Crippen LogP) is 2.58. The minimum Gasteiger partial charge on any atom is -0.454 e. The van der Waals surface area contributed by atoms with Crippen molar-refractivity contribution in [2.24, 2.45) is 5.92 Å². The first kappa shape index (κ1) is 15.7. The summed E-state index contributed by atoms with van der Waals surface area (Å²) in [4.78, 5) is 0. The second-order valence-corrected chi connectivity index (χ2v) is 5.56. The molecule has 1 fully saturated rings. The SMILES string of the molecule is Cl.Clc1cc(CNCC2CCNCC2)c2c(c1)OCO2. The van der Waals surface area contributed by atoms with Gasteiger partial charge in [-0.25, -0.2) is 0 Å². The lowest BCUT2D eigenvalue weighted by Crippen LogP contribution is -2.33. The molecule has 3 rings (SSSR count). The summed E-state index contributed by atoms with van der Waals surface area (Å²) in [7, 11) is 0. The number of ether oxygens (including phenoxy) is 2. The quantitative estimate of drug-likeness (QED) is 0.895. The van der Waals surface area contributed by atoms with E-state index >= 15 is 0 Å². The normalized spacial score (nSPS) is 17.9. The van der Waals surface area contributed by atoms with E-state index in [-0.39, 0.29) is 19.2 Å². The lowest BCUT2D eigenvalue weighted by atomic mass is 9.98. The van der Waals surface area contributed by atoms with Crippen LogP contribution in [0.15, 0.2) is 12.1 Å². The number of rotatable bonds is 4. The van der Waals surface area contributed by atoms with Gasteiger partial charge in [0.05, 0.1) is 0 Å². The van der Waals surface area contributed by atoms with E-state index in [0.29, 0.717) is 5.02 Å². The zero-order valence-corrected chi connectivity index (χ0v) is 12.9. The van der Waals surface area contributed by atoms with Crippen molar-refractivity contribution in [3.8, 4) is 11.5 Å². The fourth-order valence-electron chi connectivity index (χ4n) is 2.67. The summed E-state index contributed by atoms with van der Waals surface area (Å²) in [6.07, 6.45) is 2.50. The molecular weight excluding hydrogens is 299 g/mol. The maximum Gasteiger partial charge on any atom is 0.231 e. The smallest absolute Gasteiger partial charge is 0.231 e. The highest BCUT2D eigenvalue weighted by molar-refractivity contribution is 6.30. The van der Waals surface area contributed by atoms with E-state index < -0.39 is 0 Å². The van der Waals surface area contributed by atoms with Crippen LogP contribution in [0.4, 0.5) is 0 Å². The lowest BCUT2D eigenvalue weighted by molar-refractivity contribution is 0.173. The molecule has 0 saturated carbocycles. The average Bonchev–Trinajstić information content (AvgIpc) is 2.88. The Morgan fingerprint density at radius 2 is 2.05 bits per heavy atom. The van der Waals surface area contributed by atoms with Gasteiger partial charge in [0.15, 0.2) is 11.5 Å². The number of piperidine rings is 1. The summed E-state index contributed by atoms with van der Waals surface area (Å²) in [5, 5.41) is 7.59. The second-order valence-electron chi connectivity index (χ2n) is 5.12. The van der Waals surface area contributed by atoms with E-state index in [2.05, 4.69) is 10.6 Å². The van der Waals surface area contributed by atoms with Crippen LogP contribution in [0.2, 0.25) is 5.02 Å². The summed E-state index contributed by atoms with van der Waals surface area (Å²) >= 11 is 6.08. The Hall–Kier alpha value is -0.680. The highest BCUT2D eigenvalue weighted by Crippen LogP contribution is 2.38. The van der Waals surface area contributed by atoms with Crippen LogP contribution in [0.25, 0.3) is 0 Å². The minimum absolute atomic E-state index is 0. The first-order chi connectivity index (χ1) is 9.33. The van der Waals surface area contributed by atoms with E-state index in [1.807, 2.05) is 6.07 Å². The van der Waals surface area contributed by atoms with Crippen LogP contribution < -0.4 is 20.1 Å². The standard InChI is InChI=1S/C14H19ClN2O2.ClH/c15-12-5-11(14-13(6-12)18-9-19-14)8-17-7-10-1-3-16-4-2-10;/h5-6,10,16-17H,1-4,7-9H2;1H. The Balaban J connectivity index is 0.00000147. The maximum absolute atomic E-state index is 6.08. The Labute approximate surface area is 130 Å². The first-order valence-corrected chi connectivity index (χ1v) is 7.20. The molecule has 2 aliphatic rings. The number of benzene rings is 1. The highest BCUT2D eigenvalue weighted by Gasteiger charge is 2.19. The van der Waals surface area contributed by atoms with Crippen molar-refractivity contribution in [2.75, 3.05) is 26.4 Å². The summed E-state index contributed by atoms with van der Waals surface area (Å²) in [6.45, 7) is 4.38. The molecule has 0 aliphatic carbocycles. The molecule has 20 heavy (non-hydrogen) atoms. The largest absolute Gasteiger partial charge is 0.454 e. The van der Waals surface area contributed by atoms with Gasteiger partial charge < -0.3 is 20.1 Å². The number of halogens is 2. The number of nitrogens with one attached hydrogen (secondary N) is 2. The fourth-order valence-corrected chi connectivity index (χ4v) is 2.90. The van der Waals surface area contributed by atoms with Crippen LogP contribution in [-0.4, -0.2) is 26.4 Å². The molecule has 1 aromatic rings. The van der Waals surface area contributed by atoms with E-state index in [1.165, 1.54) is 12.8 Å².